The smallest absolute Gasteiger partial charge is 0.435 e. The Morgan fingerprint density at radius 2 is 1.83 bits per heavy atom. The number of alkyl halides is 3. The molecule has 30 heavy (non-hydrogen) atoms. The third-order valence-corrected chi connectivity index (χ3v) is 5.42. The molecule has 0 radical (unpaired) electrons. The molecule has 1 aliphatic rings. The second-order valence-corrected chi connectivity index (χ2v) is 7.94. The van der Waals surface area contributed by atoms with E-state index >= 15 is 0 Å². The van der Waals surface area contributed by atoms with Gasteiger partial charge in [-0.15, -0.1) is 0 Å². The molecule has 5 nitrogen and oxygen atoms in total. The fraction of sp³-hybridized carbons (Fsp3) is 0.100. The fourth-order valence-corrected chi connectivity index (χ4v) is 4.00. The number of para-hydroxylation sites is 2. The van der Waals surface area contributed by atoms with E-state index in [1.165, 1.54) is 25.3 Å². The van der Waals surface area contributed by atoms with Crippen molar-refractivity contribution in [3.8, 4) is 17.0 Å². The van der Waals surface area contributed by atoms with Crippen LogP contribution in [0.4, 0.5) is 13.2 Å². The Kier molecular flexibility index (Phi) is 5.20. The number of nitrogens with one attached hydrogen (secondary N) is 1. The minimum atomic E-state index is -4.72. The normalized spacial score (nSPS) is 15.7. The van der Waals surface area contributed by atoms with Crippen molar-refractivity contribution in [2.45, 2.75) is 6.18 Å². The maximum Gasteiger partial charge on any atom is 0.435 e. The highest BCUT2D eigenvalue weighted by Gasteiger charge is 2.38. The average Bonchev–Trinajstić information content (AvgIpc) is 3.03. The number of methoxy groups -OCH3 is 1. The van der Waals surface area contributed by atoms with Gasteiger partial charge in [0.1, 0.15) is 15.8 Å². The van der Waals surface area contributed by atoms with Crippen molar-refractivity contribution in [1.29, 1.82) is 0 Å². The largest absolute Gasteiger partial charge is 0.496 e. The van der Waals surface area contributed by atoms with E-state index in [2.05, 4.69) is 15.3 Å². The van der Waals surface area contributed by atoms with Gasteiger partial charge in [-0.2, -0.15) is 13.2 Å². The quantitative estimate of drug-likeness (QED) is 0.459. The molecular formula is C20H12F3N3O2S2. The Bertz CT molecular complexity index is 1230. The number of benzene rings is 2. The molecule has 0 spiro atoms. The molecule has 1 fully saturated rings. The van der Waals surface area contributed by atoms with Gasteiger partial charge in [-0.3, -0.25) is 4.79 Å². The average molecular weight is 447 g/mol. The lowest BCUT2D eigenvalue weighted by atomic mass is 10.0. The SMILES string of the molecule is COc1ccc(/C=C2\SC(=S)NC2=O)cc1-c1nc2ccccc2nc1C(F)(F)F. The van der Waals surface area contributed by atoms with Crippen LogP contribution in [-0.2, 0) is 11.0 Å². The van der Waals surface area contributed by atoms with E-state index in [0.717, 1.165) is 11.8 Å². The maximum atomic E-state index is 13.8. The van der Waals surface area contributed by atoms with E-state index in [0.29, 0.717) is 20.3 Å². The van der Waals surface area contributed by atoms with Crippen LogP contribution in [-0.4, -0.2) is 27.3 Å². The lowest BCUT2D eigenvalue weighted by Crippen LogP contribution is -2.17. The predicted octanol–water partition coefficient (Wildman–Crippen LogP) is 4.81. The molecule has 0 saturated carbocycles. The van der Waals surface area contributed by atoms with Crippen molar-refractivity contribution < 1.29 is 22.7 Å². The lowest BCUT2D eigenvalue weighted by Gasteiger charge is -2.15. The number of thioether (sulfide) groups is 1. The second-order valence-electron chi connectivity index (χ2n) is 6.22. The first-order chi connectivity index (χ1) is 14.3. The van der Waals surface area contributed by atoms with Crippen molar-refractivity contribution in [2.24, 2.45) is 0 Å². The van der Waals surface area contributed by atoms with Crippen LogP contribution in [0.1, 0.15) is 11.3 Å². The van der Waals surface area contributed by atoms with Crippen molar-refractivity contribution >= 4 is 51.3 Å². The number of fused-ring (bicyclic) bond motifs is 1. The zero-order chi connectivity index (χ0) is 21.5. The van der Waals surface area contributed by atoms with Crippen molar-refractivity contribution in [1.82, 2.24) is 15.3 Å². The molecular weight excluding hydrogens is 435 g/mol. The van der Waals surface area contributed by atoms with Gasteiger partial charge in [-0.05, 0) is 35.9 Å². The standard InChI is InChI=1S/C20H12F3N3O2S2/c1-28-14-7-6-10(9-15-18(27)26-19(29)30-15)8-11(14)16-17(20(21,22)23)25-13-5-3-2-4-12(13)24-16/h2-9H,1H3,(H,26,27,29)/b15-9-. The summed E-state index contributed by atoms with van der Waals surface area (Å²) in [5, 5.41) is 2.50. The third-order valence-electron chi connectivity index (χ3n) is 4.26. The molecule has 0 aliphatic carbocycles. The summed E-state index contributed by atoms with van der Waals surface area (Å²) < 4.78 is 47.0. The molecule has 0 bridgehead atoms. The Labute approximate surface area is 178 Å². The topological polar surface area (TPSA) is 64.1 Å². The van der Waals surface area contributed by atoms with Gasteiger partial charge in [0.05, 0.1) is 23.0 Å². The van der Waals surface area contributed by atoms with Gasteiger partial charge in [-0.25, -0.2) is 9.97 Å². The Morgan fingerprint density at radius 1 is 1.13 bits per heavy atom. The van der Waals surface area contributed by atoms with Gasteiger partial charge in [-0.1, -0.05) is 42.2 Å². The zero-order valence-corrected chi connectivity index (χ0v) is 16.9. The summed E-state index contributed by atoms with van der Waals surface area (Å²) in [5.41, 5.74) is -0.392. The first-order valence-corrected chi connectivity index (χ1v) is 9.76. The number of amides is 1. The first kappa shape index (κ1) is 20.3. The number of nitrogens with zero attached hydrogens (tertiary/aromatic N) is 2. The molecule has 1 aliphatic heterocycles. The number of carbonyl (C=O) groups excluding carboxylic acids is 1. The van der Waals surface area contributed by atoms with Crippen LogP contribution in [0.15, 0.2) is 47.4 Å². The maximum absolute atomic E-state index is 13.8. The summed E-state index contributed by atoms with van der Waals surface area (Å²) >= 11 is 6.04. The molecule has 1 amide bonds. The van der Waals surface area contributed by atoms with Gasteiger partial charge in [0.25, 0.3) is 5.91 Å². The van der Waals surface area contributed by atoms with E-state index in [1.807, 2.05) is 0 Å². The van der Waals surface area contributed by atoms with Crippen LogP contribution in [0.25, 0.3) is 28.4 Å². The number of ether oxygens (including phenoxy) is 1. The van der Waals surface area contributed by atoms with Crippen molar-refractivity contribution in [2.75, 3.05) is 7.11 Å². The summed E-state index contributed by atoms with van der Waals surface area (Å²) in [6.07, 6.45) is -3.18. The number of hydrogen-bond donors (Lipinski definition) is 1. The predicted molar refractivity (Wildman–Crippen MR) is 113 cm³/mol. The molecule has 0 atom stereocenters. The van der Waals surface area contributed by atoms with Gasteiger partial charge in [0.15, 0.2) is 5.69 Å². The second kappa shape index (κ2) is 7.69. The molecule has 2 heterocycles. The Balaban J connectivity index is 1.93. The van der Waals surface area contributed by atoms with Crippen LogP contribution in [0.2, 0.25) is 0 Å². The summed E-state index contributed by atoms with van der Waals surface area (Å²) in [7, 11) is 1.36. The summed E-state index contributed by atoms with van der Waals surface area (Å²) in [4.78, 5) is 20.3. The summed E-state index contributed by atoms with van der Waals surface area (Å²) in [6.45, 7) is 0. The molecule has 1 saturated heterocycles. The number of aromatic nitrogens is 2. The van der Waals surface area contributed by atoms with E-state index in [4.69, 9.17) is 17.0 Å². The van der Waals surface area contributed by atoms with Crippen molar-refractivity contribution in [3.63, 3.8) is 0 Å². The molecule has 152 valence electrons. The van der Waals surface area contributed by atoms with E-state index in [9.17, 15) is 18.0 Å². The molecule has 1 aromatic heterocycles. The van der Waals surface area contributed by atoms with Crippen LogP contribution < -0.4 is 10.1 Å². The molecule has 3 aromatic rings. The van der Waals surface area contributed by atoms with E-state index < -0.39 is 11.9 Å². The number of rotatable bonds is 3. The molecule has 2 aromatic carbocycles. The number of thiocarbonyl (C=S) groups is 1. The van der Waals surface area contributed by atoms with Gasteiger partial charge < -0.3 is 10.1 Å². The van der Waals surface area contributed by atoms with E-state index in [1.54, 1.807) is 30.3 Å². The van der Waals surface area contributed by atoms with Gasteiger partial charge in [0.2, 0.25) is 0 Å². The molecule has 1 N–H and O–H groups in total. The van der Waals surface area contributed by atoms with E-state index in [-0.39, 0.29) is 28.4 Å². The molecule has 0 unspecified atom stereocenters. The number of halogens is 3. The van der Waals surface area contributed by atoms with Crippen LogP contribution in [0, 0.1) is 0 Å². The lowest BCUT2D eigenvalue weighted by molar-refractivity contribution is -0.140. The monoisotopic (exact) mass is 447 g/mol. The zero-order valence-electron chi connectivity index (χ0n) is 15.3. The molecule has 10 heteroatoms. The fourth-order valence-electron chi connectivity index (χ4n) is 2.96. The summed E-state index contributed by atoms with van der Waals surface area (Å²) in [6, 6.07) is 11.0. The van der Waals surface area contributed by atoms with Gasteiger partial charge >= 0.3 is 6.18 Å². The third kappa shape index (κ3) is 3.88. The Hall–Kier alpha value is -2.98. The Morgan fingerprint density at radius 3 is 2.43 bits per heavy atom. The van der Waals surface area contributed by atoms with Gasteiger partial charge in [0, 0.05) is 5.56 Å². The molecule has 4 rings (SSSR count). The van der Waals surface area contributed by atoms with Crippen molar-refractivity contribution in [3.05, 3.63) is 58.6 Å². The first-order valence-electron chi connectivity index (χ1n) is 8.53. The van der Waals surface area contributed by atoms with Crippen LogP contribution >= 0.6 is 24.0 Å². The minimum Gasteiger partial charge on any atom is -0.496 e. The number of carbonyl (C=O) groups is 1. The highest BCUT2D eigenvalue weighted by atomic mass is 32.2. The number of hydrogen-bond acceptors (Lipinski definition) is 6. The summed E-state index contributed by atoms with van der Waals surface area (Å²) in [5.74, 6) is -0.157. The van der Waals surface area contributed by atoms with Crippen LogP contribution in [0.5, 0.6) is 5.75 Å². The highest BCUT2D eigenvalue weighted by Crippen LogP contribution is 2.40. The van der Waals surface area contributed by atoms with Crippen LogP contribution in [0.3, 0.4) is 0 Å². The minimum absolute atomic E-state index is 0.114. The highest BCUT2D eigenvalue weighted by molar-refractivity contribution is 8.26.